The summed E-state index contributed by atoms with van der Waals surface area (Å²) in [5.41, 5.74) is 0.817. The van der Waals surface area contributed by atoms with Crippen LogP contribution in [0.2, 0.25) is 0 Å². The second-order valence-corrected chi connectivity index (χ2v) is 7.28. The number of hydrogen-bond acceptors (Lipinski definition) is 2. The summed E-state index contributed by atoms with van der Waals surface area (Å²) in [6.07, 6.45) is 1.20. The summed E-state index contributed by atoms with van der Waals surface area (Å²) in [6, 6.07) is 7.34. The molecule has 0 aliphatic rings. The normalized spacial score (nSPS) is 16.0. The molecule has 0 spiro atoms. The average molecular weight is 312 g/mol. The lowest BCUT2D eigenvalue weighted by atomic mass is 10.1. The van der Waals surface area contributed by atoms with Crippen LogP contribution in [-0.2, 0) is 9.84 Å². The maximum absolute atomic E-state index is 11.3. The van der Waals surface area contributed by atoms with Gasteiger partial charge in [-0.2, -0.15) is 0 Å². The Kier molecular flexibility index (Phi) is 4.20. The zero-order valence-electron chi connectivity index (χ0n) is 8.44. The molecule has 0 saturated heterocycles. The molecular formula is C10H12BrClO2S. The van der Waals surface area contributed by atoms with Gasteiger partial charge in [0.05, 0.1) is 10.6 Å². The average Bonchev–Trinajstić information content (AvgIpc) is 2.15. The van der Waals surface area contributed by atoms with Gasteiger partial charge in [-0.05, 0) is 24.6 Å². The fourth-order valence-electron chi connectivity index (χ4n) is 1.13. The van der Waals surface area contributed by atoms with Crippen molar-refractivity contribution in [2.24, 2.45) is 0 Å². The lowest BCUT2D eigenvalue weighted by Gasteiger charge is -2.16. The van der Waals surface area contributed by atoms with Gasteiger partial charge < -0.3 is 0 Å². The summed E-state index contributed by atoms with van der Waals surface area (Å²) in [5.74, 6) is 0. The van der Waals surface area contributed by atoms with E-state index < -0.39 is 20.5 Å². The van der Waals surface area contributed by atoms with Crippen LogP contribution in [0.15, 0.2) is 28.7 Å². The van der Waals surface area contributed by atoms with E-state index in [0.717, 1.165) is 10.0 Å². The Labute approximate surface area is 104 Å². The molecule has 0 aliphatic heterocycles. The quantitative estimate of drug-likeness (QED) is 0.804. The topological polar surface area (TPSA) is 34.1 Å². The fraction of sp³-hybridized carbons (Fsp3) is 0.400. The monoisotopic (exact) mass is 310 g/mol. The summed E-state index contributed by atoms with van der Waals surface area (Å²) in [5, 5.41) is -1.09. The van der Waals surface area contributed by atoms with Crippen molar-refractivity contribution < 1.29 is 8.42 Å². The van der Waals surface area contributed by atoms with Crippen molar-refractivity contribution in [3.8, 4) is 0 Å². The first-order valence-corrected chi connectivity index (χ1v) is 7.59. The molecule has 0 radical (unpaired) electrons. The van der Waals surface area contributed by atoms with Gasteiger partial charge in [-0.1, -0.05) is 28.1 Å². The van der Waals surface area contributed by atoms with Gasteiger partial charge in [0.25, 0.3) is 0 Å². The highest BCUT2D eigenvalue weighted by molar-refractivity contribution is 9.10. The molecule has 5 heteroatoms. The minimum absolute atomic E-state index is 0.506. The van der Waals surface area contributed by atoms with Crippen molar-refractivity contribution in [2.45, 2.75) is 17.6 Å². The lowest BCUT2D eigenvalue weighted by molar-refractivity contribution is 0.587. The molecule has 0 N–H and O–H groups in total. The van der Waals surface area contributed by atoms with E-state index in [4.69, 9.17) is 11.6 Å². The SMILES string of the molecule is CC(C(Cl)c1ccc(Br)cc1)S(C)(=O)=O. The van der Waals surface area contributed by atoms with E-state index in [1.54, 1.807) is 6.92 Å². The molecule has 0 bridgehead atoms. The van der Waals surface area contributed by atoms with E-state index in [1.165, 1.54) is 6.26 Å². The second-order valence-electron chi connectivity index (χ2n) is 3.49. The first kappa shape index (κ1) is 13.0. The van der Waals surface area contributed by atoms with Crippen LogP contribution >= 0.6 is 27.5 Å². The Bertz CT molecular complexity index is 427. The predicted octanol–water partition coefficient (Wildman–Crippen LogP) is 3.16. The molecule has 1 aromatic rings. The summed E-state index contributed by atoms with van der Waals surface area (Å²) in [7, 11) is -3.10. The van der Waals surface area contributed by atoms with Gasteiger partial charge in [0.2, 0.25) is 0 Å². The van der Waals surface area contributed by atoms with Crippen molar-refractivity contribution in [3.63, 3.8) is 0 Å². The maximum Gasteiger partial charge on any atom is 0.151 e. The van der Waals surface area contributed by atoms with Gasteiger partial charge in [-0.15, -0.1) is 11.6 Å². The Morgan fingerprint density at radius 1 is 1.27 bits per heavy atom. The molecule has 2 atom stereocenters. The van der Waals surface area contributed by atoms with E-state index in [9.17, 15) is 8.42 Å². The van der Waals surface area contributed by atoms with Crippen molar-refractivity contribution in [1.82, 2.24) is 0 Å². The van der Waals surface area contributed by atoms with Crippen molar-refractivity contribution in [3.05, 3.63) is 34.3 Å². The molecule has 0 heterocycles. The summed E-state index contributed by atoms with van der Waals surface area (Å²) in [4.78, 5) is 0. The van der Waals surface area contributed by atoms with Gasteiger partial charge in [-0.3, -0.25) is 0 Å². The Balaban J connectivity index is 2.95. The smallest absolute Gasteiger partial charge is 0.151 e. The highest BCUT2D eigenvalue weighted by atomic mass is 79.9. The van der Waals surface area contributed by atoms with Gasteiger partial charge in [0, 0.05) is 10.7 Å². The summed E-state index contributed by atoms with van der Waals surface area (Å²) in [6.45, 7) is 1.62. The lowest BCUT2D eigenvalue weighted by Crippen LogP contribution is -2.21. The van der Waals surface area contributed by atoms with Crippen LogP contribution < -0.4 is 0 Å². The molecule has 0 aromatic heterocycles. The molecule has 15 heavy (non-hydrogen) atoms. The molecule has 0 aliphatic carbocycles. The third-order valence-corrected chi connectivity index (χ3v) is 5.21. The number of benzene rings is 1. The third-order valence-electron chi connectivity index (χ3n) is 2.28. The first-order chi connectivity index (χ1) is 6.82. The van der Waals surface area contributed by atoms with E-state index in [0.29, 0.717) is 0 Å². The number of halogens is 2. The maximum atomic E-state index is 11.3. The first-order valence-electron chi connectivity index (χ1n) is 4.41. The predicted molar refractivity (Wildman–Crippen MR) is 67.0 cm³/mol. The Hall–Kier alpha value is -0.0600. The standard InChI is InChI=1S/C10H12BrClO2S/c1-7(15(2,13)14)10(12)8-3-5-9(11)6-4-8/h3-7,10H,1-2H3. The van der Waals surface area contributed by atoms with Crippen LogP contribution in [0.3, 0.4) is 0 Å². The molecule has 84 valence electrons. The molecule has 2 nitrogen and oxygen atoms in total. The Morgan fingerprint density at radius 3 is 2.13 bits per heavy atom. The number of hydrogen-bond donors (Lipinski definition) is 0. The second kappa shape index (κ2) is 4.85. The van der Waals surface area contributed by atoms with Gasteiger partial charge in [0.15, 0.2) is 9.84 Å². The zero-order chi connectivity index (χ0) is 11.6. The number of rotatable bonds is 3. The van der Waals surface area contributed by atoms with E-state index in [1.807, 2.05) is 24.3 Å². The Morgan fingerprint density at radius 2 is 1.73 bits per heavy atom. The largest absolute Gasteiger partial charge is 0.229 e. The summed E-state index contributed by atoms with van der Waals surface area (Å²) < 4.78 is 23.6. The molecule has 1 aromatic carbocycles. The van der Waals surface area contributed by atoms with Crippen LogP contribution in [0, 0.1) is 0 Å². The summed E-state index contributed by atoms with van der Waals surface area (Å²) >= 11 is 9.41. The van der Waals surface area contributed by atoms with Crippen molar-refractivity contribution in [1.29, 1.82) is 0 Å². The minimum atomic E-state index is -3.10. The molecule has 1 rings (SSSR count). The van der Waals surface area contributed by atoms with E-state index in [-0.39, 0.29) is 0 Å². The van der Waals surface area contributed by atoms with Gasteiger partial charge in [-0.25, -0.2) is 8.42 Å². The van der Waals surface area contributed by atoms with Crippen molar-refractivity contribution >= 4 is 37.4 Å². The van der Waals surface area contributed by atoms with Crippen LogP contribution in [0.5, 0.6) is 0 Å². The molecule has 0 amide bonds. The van der Waals surface area contributed by atoms with Gasteiger partial charge in [0.1, 0.15) is 0 Å². The van der Waals surface area contributed by atoms with Crippen LogP contribution in [0.4, 0.5) is 0 Å². The van der Waals surface area contributed by atoms with Crippen LogP contribution in [-0.4, -0.2) is 19.9 Å². The van der Waals surface area contributed by atoms with Crippen LogP contribution in [0.1, 0.15) is 17.9 Å². The van der Waals surface area contributed by atoms with Crippen molar-refractivity contribution in [2.75, 3.05) is 6.26 Å². The molecular weight excluding hydrogens is 300 g/mol. The third kappa shape index (κ3) is 3.47. The molecule has 0 saturated carbocycles. The van der Waals surface area contributed by atoms with Crippen LogP contribution in [0.25, 0.3) is 0 Å². The zero-order valence-corrected chi connectivity index (χ0v) is 11.6. The van der Waals surface area contributed by atoms with E-state index >= 15 is 0 Å². The van der Waals surface area contributed by atoms with Gasteiger partial charge >= 0.3 is 0 Å². The number of sulfone groups is 1. The fourth-order valence-corrected chi connectivity index (χ4v) is 2.70. The minimum Gasteiger partial charge on any atom is -0.229 e. The highest BCUT2D eigenvalue weighted by Crippen LogP contribution is 2.29. The number of alkyl halides is 1. The molecule has 0 fully saturated rings. The highest BCUT2D eigenvalue weighted by Gasteiger charge is 2.25. The molecule has 2 unspecified atom stereocenters. The van der Waals surface area contributed by atoms with E-state index in [2.05, 4.69) is 15.9 Å².